The molecule has 8 nitrogen and oxygen atoms in total. The molecular weight excluding hydrogens is 568 g/mol. The van der Waals surface area contributed by atoms with Crippen molar-refractivity contribution in [3.8, 4) is 34.6 Å². The first-order valence-corrected chi connectivity index (χ1v) is 14.8. The van der Waals surface area contributed by atoms with Gasteiger partial charge in [0.25, 0.3) is 5.82 Å². The Labute approximate surface area is 262 Å². The summed E-state index contributed by atoms with van der Waals surface area (Å²) in [7, 11) is 0. The predicted molar refractivity (Wildman–Crippen MR) is 177 cm³/mol. The van der Waals surface area contributed by atoms with Gasteiger partial charge in [-0.1, -0.05) is 42.5 Å². The molecule has 0 spiro atoms. The maximum Gasteiger partial charge on any atom is 0.329 e. The van der Waals surface area contributed by atoms with Crippen LogP contribution in [0.15, 0.2) is 115 Å². The van der Waals surface area contributed by atoms with E-state index in [-0.39, 0.29) is 12.5 Å². The molecule has 0 unspecified atom stereocenters. The average molecular weight is 604 g/mol. The number of aliphatic hydroxyl groups excluding tert-OH is 1. The molecule has 1 aromatic heterocycles. The normalized spacial score (nSPS) is 11.5. The van der Waals surface area contributed by atoms with Crippen LogP contribution in [-0.2, 0) is 5.41 Å². The van der Waals surface area contributed by atoms with E-state index in [1.54, 1.807) is 0 Å². The van der Waals surface area contributed by atoms with Crippen LogP contribution in [0.2, 0.25) is 0 Å². The van der Waals surface area contributed by atoms with Crippen molar-refractivity contribution in [3.05, 3.63) is 125 Å². The van der Waals surface area contributed by atoms with Crippen LogP contribution in [0.3, 0.4) is 0 Å². The summed E-state index contributed by atoms with van der Waals surface area (Å²) in [5.74, 6) is 1.52. The number of aromatic nitrogens is 3. The molecule has 5 rings (SSSR count). The van der Waals surface area contributed by atoms with E-state index >= 15 is 0 Å². The average Bonchev–Trinajstić information content (AvgIpc) is 3.40. The van der Waals surface area contributed by atoms with Crippen molar-refractivity contribution in [2.45, 2.75) is 26.2 Å². The molecule has 0 atom stereocenters. The molecule has 222 valence electrons. The van der Waals surface area contributed by atoms with Crippen molar-refractivity contribution in [2.75, 3.05) is 23.9 Å². The monoisotopic (exact) mass is 603 g/mol. The lowest BCUT2D eigenvalue weighted by atomic mass is 9.81. The zero-order valence-electron chi connectivity index (χ0n) is 24.9. The van der Waals surface area contributed by atoms with Crippen molar-refractivity contribution in [2.24, 2.45) is 0 Å². The number of hydrogen-bond acceptors (Lipinski definition) is 6. The second kappa shape index (κ2) is 13.3. The lowest BCUT2D eigenvalue weighted by Crippen LogP contribution is -2.33. The van der Waals surface area contributed by atoms with E-state index in [1.165, 1.54) is 6.08 Å². The van der Waals surface area contributed by atoms with Gasteiger partial charge in [-0.25, -0.2) is 0 Å². The molecule has 0 aliphatic heterocycles. The first-order chi connectivity index (χ1) is 21.3. The molecule has 4 aromatic carbocycles. The molecule has 0 fully saturated rings. The highest BCUT2D eigenvalue weighted by molar-refractivity contribution is 7.71. The number of allylic oxidation sites excluding steroid dienone is 2. The Kier molecular flexibility index (Phi) is 9.12. The zero-order valence-corrected chi connectivity index (χ0v) is 25.7. The molecule has 9 heteroatoms. The number of anilines is 2. The Morgan fingerprint density at radius 1 is 1.00 bits per heavy atom. The van der Waals surface area contributed by atoms with Crippen LogP contribution in [-0.4, -0.2) is 28.2 Å². The minimum Gasteiger partial charge on any atom is -0.511 e. The number of nitriles is 1. The fourth-order valence-corrected chi connectivity index (χ4v) is 5.34. The highest BCUT2D eigenvalue weighted by Crippen LogP contribution is 2.37. The van der Waals surface area contributed by atoms with Gasteiger partial charge in [0, 0.05) is 29.4 Å². The van der Waals surface area contributed by atoms with Gasteiger partial charge in [0.15, 0.2) is 6.73 Å². The number of ether oxygens (including phenoxy) is 1. The van der Waals surface area contributed by atoms with Crippen LogP contribution in [0.25, 0.3) is 22.8 Å². The summed E-state index contributed by atoms with van der Waals surface area (Å²) in [6, 6.07) is 35.8. The molecule has 0 saturated heterocycles. The lowest BCUT2D eigenvalue weighted by molar-refractivity contribution is -0.591. The van der Waals surface area contributed by atoms with Gasteiger partial charge < -0.3 is 20.5 Å². The summed E-state index contributed by atoms with van der Waals surface area (Å²) in [6.45, 7) is 6.67. The molecule has 0 saturated carbocycles. The highest BCUT2D eigenvalue weighted by Gasteiger charge is 2.29. The van der Waals surface area contributed by atoms with Crippen molar-refractivity contribution in [1.29, 1.82) is 5.26 Å². The molecule has 5 aromatic rings. The van der Waals surface area contributed by atoms with Gasteiger partial charge in [0.2, 0.25) is 0 Å². The van der Waals surface area contributed by atoms with Crippen molar-refractivity contribution >= 4 is 23.6 Å². The van der Waals surface area contributed by atoms with Gasteiger partial charge in [-0.05, 0) is 93.1 Å². The Balaban J connectivity index is 1.42. The Morgan fingerprint density at radius 3 is 2.43 bits per heavy atom. The predicted octanol–water partition coefficient (Wildman–Crippen LogP) is 7.60. The number of benzene rings is 4. The summed E-state index contributed by atoms with van der Waals surface area (Å²) in [5.41, 5.74) is 4.63. The van der Waals surface area contributed by atoms with E-state index in [1.807, 2.05) is 127 Å². The number of aliphatic hydroxyl groups is 1. The van der Waals surface area contributed by atoms with Crippen molar-refractivity contribution in [1.82, 2.24) is 9.78 Å². The van der Waals surface area contributed by atoms with E-state index < -0.39 is 5.41 Å². The Bertz CT molecular complexity index is 1870. The lowest BCUT2D eigenvalue weighted by Gasteiger charge is -2.27. The summed E-state index contributed by atoms with van der Waals surface area (Å²) in [6.07, 6.45) is 1.17. The Morgan fingerprint density at radius 2 is 1.73 bits per heavy atom. The van der Waals surface area contributed by atoms with Crippen LogP contribution in [0.1, 0.15) is 26.3 Å². The Hall–Kier alpha value is -5.33. The number of H-pyrrole nitrogens is 1. The fourth-order valence-electron chi connectivity index (χ4n) is 5.06. The molecule has 0 amide bonds. The number of nitrogens with zero attached hydrogens (tertiary/aromatic N) is 3. The summed E-state index contributed by atoms with van der Waals surface area (Å²) in [4.78, 5) is 0. The first kappa shape index (κ1) is 30.1. The fraction of sp³-hybridized carbons (Fsp3) is 0.171. The SMILES string of the molecule is CCNc1ccc(OCNc2cccc(-[n+]3c(-c4ccccc4)n(-c4ccccc4)[nH]c3=S)c2)cc1C(C)(C)/C(O)=C/C#N. The summed E-state index contributed by atoms with van der Waals surface area (Å²) in [5, 5.41) is 29.7. The van der Waals surface area contributed by atoms with Crippen molar-refractivity contribution < 1.29 is 14.4 Å². The smallest absolute Gasteiger partial charge is 0.329 e. The van der Waals surface area contributed by atoms with Crippen LogP contribution < -0.4 is 19.9 Å². The molecular formula is C35H35N6O2S+. The summed E-state index contributed by atoms with van der Waals surface area (Å²) < 4.78 is 10.7. The molecule has 0 radical (unpaired) electrons. The number of para-hydroxylation sites is 1. The van der Waals surface area contributed by atoms with E-state index in [9.17, 15) is 5.11 Å². The molecule has 0 aliphatic carbocycles. The number of nitrogens with one attached hydrogen (secondary N) is 3. The number of rotatable bonds is 11. The molecule has 0 bridgehead atoms. The maximum absolute atomic E-state index is 10.6. The van der Waals surface area contributed by atoms with Gasteiger partial charge in [-0.3, -0.25) is 0 Å². The number of hydrogen-bond donors (Lipinski definition) is 4. The van der Waals surface area contributed by atoms with E-state index in [4.69, 9.17) is 22.2 Å². The second-order valence-electron chi connectivity index (χ2n) is 10.7. The van der Waals surface area contributed by atoms with E-state index in [2.05, 4.69) is 27.9 Å². The molecule has 44 heavy (non-hydrogen) atoms. The number of aromatic amines is 1. The second-order valence-corrected chi connectivity index (χ2v) is 11.0. The molecule has 0 aliphatic rings. The zero-order chi connectivity index (χ0) is 31.1. The van der Waals surface area contributed by atoms with E-state index in [0.717, 1.165) is 39.7 Å². The first-order valence-electron chi connectivity index (χ1n) is 14.4. The molecule has 4 N–H and O–H groups in total. The third-order valence-electron chi connectivity index (χ3n) is 7.37. The highest BCUT2D eigenvalue weighted by atomic mass is 32.1. The minimum absolute atomic E-state index is 0.0157. The quantitative estimate of drug-likeness (QED) is 0.0408. The van der Waals surface area contributed by atoms with Crippen LogP contribution in [0, 0.1) is 16.1 Å². The third-order valence-corrected chi connectivity index (χ3v) is 7.65. The van der Waals surface area contributed by atoms with E-state index in [0.29, 0.717) is 17.1 Å². The van der Waals surface area contributed by atoms with Crippen LogP contribution >= 0.6 is 12.2 Å². The van der Waals surface area contributed by atoms with Crippen molar-refractivity contribution in [3.63, 3.8) is 0 Å². The maximum atomic E-state index is 10.6. The van der Waals surface area contributed by atoms with Gasteiger partial charge in [0.05, 0.1) is 17.7 Å². The van der Waals surface area contributed by atoms with Gasteiger partial charge in [0.1, 0.15) is 22.9 Å². The third kappa shape index (κ3) is 6.36. The molecule has 1 heterocycles. The largest absolute Gasteiger partial charge is 0.511 e. The van der Waals surface area contributed by atoms with Crippen LogP contribution in [0.4, 0.5) is 11.4 Å². The summed E-state index contributed by atoms with van der Waals surface area (Å²) >= 11 is 5.84. The standard InChI is InChI=1S/C35H34N6O2S/c1-4-37-31-19-18-29(23-30(31)35(2,3)32(42)20-21-36)43-24-38-26-14-11-17-28(22-26)40-33(25-12-7-5-8-13-25)41(39-34(40)44)27-15-9-6-10-16-27/h5-20,22-23,37-38H,4,24H2,1-3H3,(H-,39,42,44)/p+1/b32-20-. The van der Waals surface area contributed by atoms with Crippen LogP contribution in [0.5, 0.6) is 5.75 Å². The van der Waals surface area contributed by atoms with Gasteiger partial charge in [-0.2, -0.15) is 9.83 Å². The topological polar surface area (TPSA) is 102 Å². The minimum atomic E-state index is -0.795. The van der Waals surface area contributed by atoms with Gasteiger partial charge in [-0.15, -0.1) is 9.78 Å². The van der Waals surface area contributed by atoms with Gasteiger partial charge >= 0.3 is 4.77 Å².